The van der Waals surface area contributed by atoms with Crippen molar-refractivity contribution in [3.8, 4) is 5.75 Å². The topological polar surface area (TPSA) is 83.2 Å². The molecule has 7 heteroatoms. The van der Waals surface area contributed by atoms with E-state index >= 15 is 0 Å². The summed E-state index contributed by atoms with van der Waals surface area (Å²) in [5, 5.41) is 0.891. The van der Waals surface area contributed by atoms with Crippen LogP contribution in [0, 0.1) is 13.8 Å². The molecule has 0 saturated heterocycles. The van der Waals surface area contributed by atoms with E-state index in [9.17, 15) is 9.59 Å². The van der Waals surface area contributed by atoms with Gasteiger partial charge in [0.25, 0.3) is 11.8 Å². The highest BCUT2D eigenvalue weighted by Crippen LogP contribution is 2.27. The molecule has 6 nitrogen and oxygen atoms in total. The van der Waals surface area contributed by atoms with Crippen molar-refractivity contribution >= 4 is 38.6 Å². The number of ether oxygens (including phenoxy) is 1. The summed E-state index contributed by atoms with van der Waals surface area (Å²) in [5.41, 5.74) is 7.88. The number of hydrazine groups is 1. The Morgan fingerprint density at radius 2 is 1.88 bits per heavy atom. The lowest BCUT2D eigenvalue weighted by molar-refractivity contribution is -0.123. The van der Waals surface area contributed by atoms with Crippen molar-refractivity contribution in [1.82, 2.24) is 15.8 Å². The van der Waals surface area contributed by atoms with Gasteiger partial charge in [-0.25, -0.2) is 0 Å². The van der Waals surface area contributed by atoms with Gasteiger partial charge in [-0.2, -0.15) is 0 Å². The molecule has 26 heavy (non-hydrogen) atoms. The maximum atomic E-state index is 12.3. The van der Waals surface area contributed by atoms with Crippen molar-refractivity contribution in [1.29, 1.82) is 0 Å². The summed E-state index contributed by atoms with van der Waals surface area (Å²) in [6, 6.07) is 13.3. The molecule has 1 aromatic heterocycles. The number of fused-ring (bicyclic) bond motifs is 1. The number of nitrogens with one attached hydrogen (secondary N) is 3. The minimum atomic E-state index is -0.452. The first-order valence-corrected chi connectivity index (χ1v) is 8.80. The van der Waals surface area contributed by atoms with E-state index in [1.807, 2.05) is 56.3 Å². The van der Waals surface area contributed by atoms with Crippen LogP contribution in [0.15, 0.2) is 46.9 Å². The van der Waals surface area contributed by atoms with Gasteiger partial charge in [0.2, 0.25) is 0 Å². The second-order valence-corrected chi connectivity index (χ2v) is 6.71. The number of aromatic amines is 1. The summed E-state index contributed by atoms with van der Waals surface area (Å²) >= 11 is 3.41. The zero-order valence-electron chi connectivity index (χ0n) is 14.4. The molecule has 0 aliphatic rings. The SMILES string of the molecule is Cc1ccc(C)c(OCC(=O)NNC(=O)c2[nH]c3ccccc3c2Br)c1. The molecule has 1 heterocycles. The molecule has 3 aromatic rings. The third kappa shape index (κ3) is 3.88. The monoisotopic (exact) mass is 415 g/mol. The van der Waals surface area contributed by atoms with Crippen LogP contribution >= 0.6 is 15.9 Å². The lowest BCUT2D eigenvalue weighted by Crippen LogP contribution is -2.44. The summed E-state index contributed by atoms with van der Waals surface area (Å²) in [6.45, 7) is 3.66. The number of amides is 2. The molecule has 0 saturated carbocycles. The molecule has 0 spiro atoms. The lowest BCUT2D eigenvalue weighted by atomic mass is 10.1. The molecular formula is C19H18BrN3O3. The number of benzene rings is 2. The van der Waals surface area contributed by atoms with E-state index in [2.05, 4.69) is 31.8 Å². The predicted octanol–water partition coefficient (Wildman–Crippen LogP) is 3.39. The fourth-order valence-corrected chi connectivity index (χ4v) is 3.12. The maximum absolute atomic E-state index is 12.3. The third-order valence-corrected chi connectivity index (χ3v) is 4.71. The number of H-pyrrole nitrogens is 1. The van der Waals surface area contributed by atoms with Gasteiger partial charge in [-0.3, -0.25) is 20.4 Å². The highest BCUT2D eigenvalue weighted by molar-refractivity contribution is 9.10. The number of hydrogen-bond acceptors (Lipinski definition) is 3. The van der Waals surface area contributed by atoms with Crippen LogP contribution in [0.3, 0.4) is 0 Å². The van der Waals surface area contributed by atoms with Gasteiger partial charge in [0, 0.05) is 10.9 Å². The quantitative estimate of drug-likeness (QED) is 0.571. The number of aryl methyl sites for hydroxylation is 2. The van der Waals surface area contributed by atoms with Crippen LogP contribution in [-0.4, -0.2) is 23.4 Å². The van der Waals surface area contributed by atoms with Crippen molar-refractivity contribution < 1.29 is 14.3 Å². The van der Waals surface area contributed by atoms with Gasteiger partial charge in [-0.1, -0.05) is 30.3 Å². The highest BCUT2D eigenvalue weighted by atomic mass is 79.9. The molecule has 2 aromatic carbocycles. The average molecular weight is 416 g/mol. The van der Waals surface area contributed by atoms with E-state index in [4.69, 9.17) is 4.74 Å². The first-order chi connectivity index (χ1) is 12.5. The Kier molecular flexibility index (Phi) is 5.27. The normalized spacial score (nSPS) is 10.6. The molecule has 0 bridgehead atoms. The van der Waals surface area contributed by atoms with Gasteiger partial charge >= 0.3 is 0 Å². The smallest absolute Gasteiger partial charge is 0.287 e. The van der Waals surface area contributed by atoms with Gasteiger partial charge < -0.3 is 9.72 Å². The zero-order valence-corrected chi connectivity index (χ0v) is 15.9. The number of hydrogen-bond donors (Lipinski definition) is 3. The molecule has 0 atom stereocenters. The summed E-state index contributed by atoms with van der Waals surface area (Å²) in [7, 11) is 0. The Balaban J connectivity index is 1.57. The second-order valence-electron chi connectivity index (χ2n) is 5.92. The van der Waals surface area contributed by atoms with Gasteiger partial charge in [0.05, 0.1) is 4.47 Å². The summed E-state index contributed by atoms with van der Waals surface area (Å²) < 4.78 is 6.15. The van der Waals surface area contributed by atoms with Crippen LogP contribution in [0.4, 0.5) is 0 Å². The fourth-order valence-electron chi connectivity index (χ4n) is 2.50. The predicted molar refractivity (Wildman–Crippen MR) is 103 cm³/mol. The minimum absolute atomic E-state index is 0.196. The second kappa shape index (κ2) is 7.61. The van der Waals surface area contributed by atoms with Crippen LogP contribution in [0.1, 0.15) is 21.6 Å². The van der Waals surface area contributed by atoms with Crippen LogP contribution in [-0.2, 0) is 4.79 Å². The van der Waals surface area contributed by atoms with Gasteiger partial charge in [-0.05, 0) is 53.0 Å². The summed E-state index contributed by atoms with van der Waals surface area (Å²) in [4.78, 5) is 27.2. The zero-order chi connectivity index (χ0) is 18.7. The van der Waals surface area contributed by atoms with Gasteiger partial charge in [0.15, 0.2) is 6.61 Å². The van der Waals surface area contributed by atoms with Crippen molar-refractivity contribution in [2.24, 2.45) is 0 Å². The van der Waals surface area contributed by atoms with Crippen molar-refractivity contribution in [2.75, 3.05) is 6.61 Å². The van der Waals surface area contributed by atoms with Crippen molar-refractivity contribution in [2.45, 2.75) is 13.8 Å². The largest absolute Gasteiger partial charge is 0.483 e. The average Bonchev–Trinajstić information content (AvgIpc) is 2.97. The van der Waals surface area contributed by atoms with E-state index in [-0.39, 0.29) is 6.61 Å². The lowest BCUT2D eigenvalue weighted by Gasteiger charge is -2.10. The minimum Gasteiger partial charge on any atom is -0.483 e. The molecule has 3 rings (SSSR count). The van der Waals surface area contributed by atoms with Crippen molar-refractivity contribution in [3.05, 3.63) is 63.8 Å². The molecule has 2 amide bonds. The number of para-hydroxylation sites is 1. The van der Waals surface area contributed by atoms with Crippen molar-refractivity contribution in [3.63, 3.8) is 0 Å². The molecule has 0 aliphatic heterocycles. The third-order valence-electron chi connectivity index (χ3n) is 3.89. The first-order valence-electron chi connectivity index (χ1n) is 8.01. The molecule has 0 aliphatic carbocycles. The Bertz CT molecular complexity index is 981. The Morgan fingerprint density at radius 3 is 2.65 bits per heavy atom. The Hall–Kier alpha value is -2.80. The first kappa shape index (κ1) is 18.0. The van der Waals surface area contributed by atoms with E-state index < -0.39 is 11.8 Å². The van der Waals surface area contributed by atoms with Crippen LogP contribution < -0.4 is 15.6 Å². The van der Waals surface area contributed by atoms with E-state index in [1.54, 1.807) is 0 Å². The standard InChI is InChI=1S/C19H18BrN3O3/c1-11-7-8-12(2)15(9-11)26-10-16(24)22-23-19(25)18-17(20)13-5-3-4-6-14(13)21-18/h3-9,21H,10H2,1-2H3,(H,22,24)(H,23,25). The highest BCUT2D eigenvalue weighted by Gasteiger charge is 2.16. The molecule has 0 fully saturated rings. The molecule has 134 valence electrons. The Labute approximate surface area is 159 Å². The van der Waals surface area contributed by atoms with Crippen LogP contribution in [0.25, 0.3) is 10.9 Å². The molecular weight excluding hydrogens is 398 g/mol. The number of halogens is 1. The molecule has 0 radical (unpaired) electrons. The van der Waals surface area contributed by atoms with Gasteiger partial charge in [0.1, 0.15) is 11.4 Å². The number of aromatic nitrogens is 1. The number of carbonyl (C=O) groups is 2. The summed E-state index contributed by atoms with van der Waals surface area (Å²) in [6.07, 6.45) is 0. The fraction of sp³-hybridized carbons (Fsp3) is 0.158. The molecule has 0 unspecified atom stereocenters. The van der Waals surface area contributed by atoms with Crippen LogP contribution in [0.2, 0.25) is 0 Å². The number of rotatable bonds is 4. The van der Waals surface area contributed by atoms with E-state index in [1.165, 1.54) is 0 Å². The molecule has 3 N–H and O–H groups in total. The summed E-state index contributed by atoms with van der Waals surface area (Å²) in [5.74, 6) is -0.260. The van der Waals surface area contributed by atoms with Gasteiger partial charge in [-0.15, -0.1) is 0 Å². The van der Waals surface area contributed by atoms with E-state index in [0.717, 1.165) is 22.0 Å². The van der Waals surface area contributed by atoms with Crippen LogP contribution in [0.5, 0.6) is 5.75 Å². The maximum Gasteiger partial charge on any atom is 0.287 e. The van der Waals surface area contributed by atoms with E-state index in [0.29, 0.717) is 15.9 Å². The number of carbonyl (C=O) groups excluding carboxylic acids is 2. The Morgan fingerprint density at radius 1 is 1.12 bits per heavy atom.